The smallest absolute Gasteiger partial charge is 0.224 e. The molecule has 0 fully saturated rings. The summed E-state index contributed by atoms with van der Waals surface area (Å²) in [7, 11) is 3.17. The SMILES string of the molecule is CCn1cc(CNC(=O)Cc2ccc(OC)c(OC)c2)c(C)n1. The van der Waals surface area contributed by atoms with Crippen LogP contribution in [-0.4, -0.2) is 29.9 Å². The van der Waals surface area contributed by atoms with Crippen LogP contribution in [0.5, 0.6) is 11.5 Å². The minimum atomic E-state index is -0.0409. The van der Waals surface area contributed by atoms with Crippen molar-refractivity contribution >= 4 is 5.91 Å². The van der Waals surface area contributed by atoms with Gasteiger partial charge in [-0.05, 0) is 31.5 Å². The maximum absolute atomic E-state index is 12.1. The highest BCUT2D eigenvalue weighted by molar-refractivity contribution is 5.78. The molecule has 0 radical (unpaired) electrons. The normalized spacial score (nSPS) is 10.4. The lowest BCUT2D eigenvalue weighted by molar-refractivity contribution is -0.120. The number of rotatable bonds is 7. The minimum absolute atomic E-state index is 0.0409. The van der Waals surface area contributed by atoms with Crippen LogP contribution in [0.2, 0.25) is 0 Å². The topological polar surface area (TPSA) is 65.4 Å². The minimum Gasteiger partial charge on any atom is -0.493 e. The molecule has 124 valence electrons. The van der Waals surface area contributed by atoms with Crippen molar-refractivity contribution in [3.05, 3.63) is 41.2 Å². The van der Waals surface area contributed by atoms with Gasteiger partial charge in [-0.25, -0.2) is 0 Å². The van der Waals surface area contributed by atoms with Crippen LogP contribution < -0.4 is 14.8 Å². The van der Waals surface area contributed by atoms with Crippen LogP contribution in [0.1, 0.15) is 23.7 Å². The Bertz CT molecular complexity index is 680. The molecule has 0 aliphatic heterocycles. The van der Waals surface area contributed by atoms with E-state index in [4.69, 9.17) is 9.47 Å². The van der Waals surface area contributed by atoms with Gasteiger partial charge in [-0.2, -0.15) is 5.10 Å². The fourth-order valence-corrected chi connectivity index (χ4v) is 2.33. The molecule has 2 rings (SSSR count). The largest absolute Gasteiger partial charge is 0.493 e. The molecule has 1 aromatic carbocycles. The van der Waals surface area contributed by atoms with Gasteiger partial charge in [-0.1, -0.05) is 6.07 Å². The van der Waals surface area contributed by atoms with E-state index in [9.17, 15) is 4.79 Å². The Morgan fingerprint density at radius 3 is 2.61 bits per heavy atom. The molecule has 0 saturated carbocycles. The molecule has 1 N–H and O–H groups in total. The second-order valence-electron chi connectivity index (χ2n) is 5.24. The number of methoxy groups -OCH3 is 2. The summed E-state index contributed by atoms with van der Waals surface area (Å²) in [6.45, 7) is 5.28. The van der Waals surface area contributed by atoms with Gasteiger partial charge in [0.05, 0.1) is 26.3 Å². The summed E-state index contributed by atoms with van der Waals surface area (Å²) in [5.41, 5.74) is 2.85. The van der Waals surface area contributed by atoms with Crippen molar-refractivity contribution in [2.45, 2.75) is 33.4 Å². The Balaban J connectivity index is 1.95. The summed E-state index contributed by atoms with van der Waals surface area (Å²) in [4.78, 5) is 12.1. The first-order valence-corrected chi connectivity index (χ1v) is 7.57. The number of aromatic nitrogens is 2. The van der Waals surface area contributed by atoms with Crippen molar-refractivity contribution < 1.29 is 14.3 Å². The number of carbonyl (C=O) groups excluding carboxylic acids is 1. The maximum Gasteiger partial charge on any atom is 0.224 e. The highest BCUT2D eigenvalue weighted by Gasteiger charge is 2.10. The van der Waals surface area contributed by atoms with Gasteiger partial charge in [0.25, 0.3) is 0 Å². The van der Waals surface area contributed by atoms with Gasteiger partial charge in [0.2, 0.25) is 5.91 Å². The Hall–Kier alpha value is -2.50. The number of nitrogens with zero attached hydrogens (tertiary/aromatic N) is 2. The van der Waals surface area contributed by atoms with Crippen LogP contribution >= 0.6 is 0 Å². The van der Waals surface area contributed by atoms with Crippen molar-refractivity contribution in [2.75, 3.05) is 14.2 Å². The lowest BCUT2D eigenvalue weighted by Gasteiger charge is -2.09. The number of benzene rings is 1. The second kappa shape index (κ2) is 7.67. The van der Waals surface area contributed by atoms with Gasteiger partial charge in [0.15, 0.2) is 11.5 Å². The predicted octanol–water partition coefficient (Wildman–Crippen LogP) is 2.09. The Kier molecular flexibility index (Phi) is 5.62. The number of carbonyl (C=O) groups is 1. The fraction of sp³-hybridized carbons (Fsp3) is 0.412. The highest BCUT2D eigenvalue weighted by Crippen LogP contribution is 2.27. The monoisotopic (exact) mass is 317 g/mol. The van der Waals surface area contributed by atoms with Crippen LogP contribution in [0.25, 0.3) is 0 Å². The fourth-order valence-electron chi connectivity index (χ4n) is 2.33. The van der Waals surface area contributed by atoms with Crippen LogP contribution in [0.4, 0.5) is 0 Å². The Morgan fingerprint density at radius 2 is 2.00 bits per heavy atom. The molecule has 0 bridgehead atoms. The van der Waals surface area contributed by atoms with Crippen molar-refractivity contribution in [3.63, 3.8) is 0 Å². The number of hydrogen-bond acceptors (Lipinski definition) is 4. The van der Waals surface area contributed by atoms with Crippen LogP contribution in [0, 0.1) is 6.92 Å². The third-order valence-electron chi connectivity index (χ3n) is 3.66. The molecule has 23 heavy (non-hydrogen) atoms. The summed E-state index contributed by atoms with van der Waals surface area (Å²) < 4.78 is 12.3. The first-order chi connectivity index (χ1) is 11.1. The van der Waals surface area contributed by atoms with Crippen LogP contribution in [-0.2, 0) is 24.3 Å². The van der Waals surface area contributed by atoms with Gasteiger partial charge >= 0.3 is 0 Å². The third kappa shape index (κ3) is 4.25. The standard InChI is InChI=1S/C17H23N3O3/c1-5-20-11-14(12(2)19-20)10-18-17(21)9-13-6-7-15(22-3)16(8-13)23-4/h6-8,11H,5,9-10H2,1-4H3,(H,18,21). The van der Waals surface area contributed by atoms with E-state index in [2.05, 4.69) is 10.4 Å². The molecular weight excluding hydrogens is 294 g/mol. The average Bonchev–Trinajstić information content (AvgIpc) is 2.93. The van der Waals surface area contributed by atoms with E-state index in [0.29, 0.717) is 24.5 Å². The van der Waals surface area contributed by atoms with Crippen LogP contribution in [0.3, 0.4) is 0 Å². The first kappa shape index (κ1) is 16.9. The zero-order valence-electron chi connectivity index (χ0n) is 14.0. The van der Waals surface area contributed by atoms with E-state index < -0.39 is 0 Å². The molecule has 0 aliphatic rings. The van der Waals surface area contributed by atoms with Crippen molar-refractivity contribution in [3.8, 4) is 11.5 Å². The summed E-state index contributed by atoms with van der Waals surface area (Å²) in [5.74, 6) is 1.23. The van der Waals surface area contributed by atoms with E-state index in [1.54, 1.807) is 20.3 Å². The van der Waals surface area contributed by atoms with E-state index >= 15 is 0 Å². The zero-order valence-corrected chi connectivity index (χ0v) is 14.0. The van der Waals surface area contributed by atoms with Gasteiger partial charge in [0.1, 0.15) is 0 Å². The number of amides is 1. The lowest BCUT2D eigenvalue weighted by Crippen LogP contribution is -2.24. The molecule has 6 heteroatoms. The molecule has 0 saturated heterocycles. The Labute approximate surface area is 136 Å². The van der Waals surface area contributed by atoms with Crippen molar-refractivity contribution in [1.29, 1.82) is 0 Å². The van der Waals surface area contributed by atoms with Gasteiger partial charge in [-0.3, -0.25) is 9.48 Å². The quantitative estimate of drug-likeness (QED) is 0.849. The van der Waals surface area contributed by atoms with Gasteiger partial charge in [-0.15, -0.1) is 0 Å². The molecule has 0 unspecified atom stereocenters. The second-order valence-corrected chi connectivity index (χ2v) is 5.24. The Morgan fingerprint density at radius 1 is 1.26 bits per heavy atom. The van der Waals surface area contributed by atoms with E-state index in [-0.39, 0.29) is 5.91 Å². The summed E-state index contributed by atoms with van der Waals surface area (Å²) in [6, 6.07) is 5.48. The van der Waals surface area contributed by atoms with Crippen molar-refractivity contribution in [2.24, 2.45) is 0 Å². The van der Waals surface area contributed by atoms with Gasteiger partial charge < -0.3 is 14.8 Å². The molecule has 1 heterocycles. The highest BCUT2D eigenvalue weighted by atomic mass is 16.5. The van der Waals surface area contributed by atoms with E-state index in [0.717, 1.165) is 23.4 Å². The molecule has 1 amide bonds. The summed E-state index contributed by atoms with van der Waals surface area (Å²) >= 11 is 0. The summed E-state index contributed by atoms with van der Waals surface area (Å²) in [6.07, 6.45) is 2.26. The predicted molar refractivity (Wildman–Crippen MR) is 87.7 cm³/mol. The zero-order chi connectivity index (χ0) is 16.8. The molecule has 0 atom stereocenters. The number of ether oxygens (including phenoxy) is 2. The number of aryl methyl sites for hydroxylation is 2. The van der Waals surface area contributed by atoms with Crippen LogP contribution in [0.15, 0.2) is 24.4 Å². The average molecular weight is 317 g/mol. The molecular formula is C17H23N3O3. The van der Waals surface area contributed by atoms with Gasteiger partial charge in [0, 0.05) is 24.8 Å². The number of nitrogens with one attached hydrogen (secondary N) is 1. The molecule has 6 nitrogen and oxygen atoms in total. The van der Waals surface area contributed by atoms with E-state index in [1.807, 2.05) is 36.9 Å². The summed E-state index contributed by atoms with van der Waals surface area (Å²) in [5, 5.41) is 7.30. The third-order valence-corrected chi connectivity index (χ3v) is 3.66. The van der Waals surface area contributed by atoms with Crippen molar-refractivity contribution in [1.82, 2.24) is 15.1 Å². The maximum atomic E-state index is 12.1. The first-order valence-electron chi connectivity index (χ1n) is 7.57. The molecule has 2 aromatic rings. The molecule has 1 aromatic heterocycles. The molecule has 0 aliphatic carbocycles. The molecule has 0 spiro atoms. The number of hydrogen-bond donors (Lipinski definition) is 1. The van der Waals surface area contributed by atoms with E-state index in [1.165, 1.54) is 0 Å². The lowest BCUT2D eigenvalue weighted by atomic mass is 10.1.